The summed E-state index contributed by atoms with van der Waals surface area (Å²) in [5.41, 5.74) is 13.1. The van der Waals surface area contributed by atoms with Crippen molar-refractivity contribution in [3.05, 3.63) is 206 Å². The maximum Gasteiger partial charge on any atom is 0.194 e. The SMILES string of the molecule is [C-]#[N+]c1ccc(-c2cccc(-n3c4ccccc4c4ccccc43)c2)cc1-c1ccc(-c2c3ccccc3c(-c3ccccc3)c3ccccc23)cc1. The standard InChI is InChI=1S/C51H32N2/c1-52-47-31-30-38(37-16-13-17-39(32-37)53-48-24-11-9-18-40(48)41-19-10-12-25-49(41)53)33-46(47)34-26-28-36(29-27-34)51-44-22-7-5-20-42(44)50(35-14-3-2-4-15-35)43-21-6-8-23-45(43)51/h2-33H. The lowest BCUT2D eigenvalue weighted by Gasteiger charge is -2.18. The van der Waals surface area contributed by atoms with Gasteiger partial charge < -0.3 is 4.57 Å². The van der Waals surface area contributed by atoms with Crippen LogP contribution in [0.3, 0.4) is 0 Å². The Hall–Kier alpha value is -7.21. The van der Waals surface area contributed by atoms with Gasteiger partial charge in [0.15, 0.2) is 5.69 Å². The predicted octanol–water partition coefficient (Wildman–Crippen LogP) is 14.3. The molecule has 2 heteroatoms. The molecule has 0 saturated heterocycles. The Labute approximate surface area is 308 Å². The fourth-order valence-corrected chi connectivity index (χ4v) is 8.24. The van der Waals surface area contributed by atoms with Crippen molar-refractivity contribution in [1.29, 1.82) is 0 Å². The first kappa shape index (κ1) is 30.6. The molecule has 53 heavy (non-hydrogen) atoms. The molecule has 0 bridgehead atoms. The average Bonchev–Trinajstić information content (AvgIpc) is 3.57. The van der Waals surface area contributed by atoms with E-state index in [1.54, 1.807) is 0 Å². The molecule has 0 radical (unpaired) electrons. The van der Waals surface area contributed by atoms with Gasteiger partial charge in [-0.25, -0.2) is 4.85 Å². The van der Waals surface area contributed by atoms with Gasteiger partial charge in [0.25, 0.3) is 0 Å². The van der Waals surface area contributed by atoms with Crippen LogP contribution < -0.4 is 0 Å². The second-order valence-corrected chi connectivity index (χ2v) is 13.5. The van der Waals surface area contributed by atoms with Crippen LogP contribution in [-0.4, -0.2) is 4.57 Å². The number of benzene rings is 9. The summed E-state index contributed by atoms with van der Waals surface area (Å²) in [6.45, 7) is 8.06. The summed E-state index contributed by atoms with van der Waals surface area (Å²) >= 11 is 0. The van der Waals surface area contributed by atoms with Gasteiger partial charge in [0.2, 0.25) is 0 Å². The maximum absolute atomic E-state index is 8.06. The lowest BCUT2D eigenvalue weighted by Crippen LogP contribution is -1.94. The van der Waals surface area contributed by atoms with E-state index >= 15 is 0 Å². The zero-order chi connectivity index (χ0) is 35.3. The van der Waals surface area contributed by atoms with E-state index in [-0.39, 0.29) is 0 Å². The minimum atomic E-state index is 0.642. The third-order valence-corrected chi connectivity index (χ3v) is 10.6. The van der Waals surface area contributed by atoms with Gasteiger partial charge in [0.05, 0.1) is 17.6 Å². The average molecular weight is 673 g/mol. The minimum absolute atomic E-state index is 0.642. The first-order valence-corrected chi connectivity index (χ1v) is 18.0. The highest BCUT2D eigenvalue weighted by atomic mass is 15.0. The van der Waals surface area contributed by atoms with E-state index in [1.165, 1.54) is 60.0 Å². The first-order valence-electron chi connectivity index (χ1n) is 18.0. The zero-order valence-electron chi connectivity index (χ0n) is 28.9. The summed E-state index contributed by atoms with van der Waals surface area (Å²) in [7, 11) is 0. The molecule has 0 N–H and O–H groups in total. The van der Waals surface area contributed by atoms with Crippen LogP contribution in [0.2, 0.25) is 0 Å². The van der Waals surface area contributed by atoms with Crippen LogP contribution in [-0.2, 0) is 0 Å². The normalized spacial score (nSPS) is 11.4. The Kier molecular flexibility index (Phi) is 7.23. The van der Waals surface area contributed by atoms with Crippen LogP contribution in [0.15, 0.2) is 194 Å². The number of hydrogen-bond donors (Lipinski definition) is 0. The highest BCUT2D eigenvalue weighted by molar-refractivity contribution is 6.21. The van der Waals surface area contributed by atoms with Gasteiger partial charge in [-0.1, -0.05) is 170 Å². The van der Waals surface area contributed by atoms with Crippen molar-refractivity contribution in [1.82, 2.24) is 4.57 Å². The van der Waals surface area contributed by atoms with Gasteiger partial charge in [-0.05, 0) is 90.3 Å². The molecule has 0 saturated carbocycles. The molecular weight excluding hydrogens is 641 g/mol. The number of hydrogen-bond acceptors (Lipinski definition) is 0. The summed E-state index contributed by atoms with van der Waals surface area (Å²) < 4.78 is 2.35. The number of aromatic nitrogens is 1. The number of fused-ring (bicyclic) bond motifs is 5. The van der Waals surface area contributed by atoms with Crippen molar-refractivity contribution < 1.29 is 0 Å². The van der Waals surface area contributed by atoms with E-state index in [1.807, 2.05) is 6.07 Å². The van der Waals surface area contributed by atoms with E-state index in [0.29, 0.717) is 5.69 Å². The lowest BCUT2D eigenvalue weighted by atomic mass is 9.85. The van der Waals surface area contributed by atoms with Crippen molar-refractivity contribution in [2.24, 2.45) is 0 Å². The Morgan fingerprint density at radius 2 is 0.774 bits per heavy atom. The fourth-order valence-electron chi connectivity index (χ4n) is 8.24. The molecular formula is C51H32N2. The van der Waals surface area contributed by atoms with Crippen LogP contribution in [0.5, 0.6) is 0 Å². The van der Waals surface area contributed by atoms with Gasteiger partial charge in [0, 0.05) is 16.5 Å². The van der Waals surface area contributed by atoms with Crippen LogP contribution >= 0.6 is 0 Å². The minimum Gasteiger partial charge on any atom is -0.309 e. The van der Waals surface area contributed by atoms with E-state index in [9.17, 15) is 0 Å². The molecule has 0 fully saturated rings. The van der Waals surface area contributed by atoms with Gasteiger partial charge in [-0.2, -0.15) is 0 Å². The number of nitrogens with zero attached hydrogens (tertiary/aromatic N) is 2. The third kappa shape index (κ3) is 5.02. The van der Waals surface area contributed by atoms with Crippen LogP contribution in [0.25, 0.3) is 98.4 Å². The van der Waals surface area contributed by atoms with Crippen LogP contribution in [0.1, 0.15) is 0 Å². The Bertz CT molecular complexity index is 2940. The van der Waals surface area contributed by atoms with E-state index in [2.05, 4.69) is 197 Å². The molecule has 10 rings (SSSR count). The smallest absolute Gasteiger partial charge is 0.194 e. The third-order valence-electron chi connectivity index (χ3n) is 10.6. The predicted molar refractivity (Wildman–Crippen MR) is 224 cm³/mol. The van der Waals surface area contributed by atoms with E-state index < -0.39 is 0 Å². The fraction of sp³-hybridized carbons (Fsp3) is 0. The molecule has 1 heterocycles. The summed E-state index contributed by atoms with van der Waals surface area (Å²) in [6.07, 6.45) is 0. The molecule has 10 aromatic rings. The van der Waals surface area contributed by atoms with Crippen molar-refractivity contribution in [3.63, 3.8) is 0 Å². The Morgan fingerprint density at radius 1 is 0.340 bits per heavy atom. The second kappa shape index (κ2) is 12.5. The largest absolute Gasteiger partial charge is 0.309 e. The van der Waals surface area contributed by atoms with E-state index in [4.69, 9.17) is 6.57 Å². The highest BCUT2D eigenvalue weighted by Gasteiger charge is 2.17. The summed E-state index contributed by atoms with van der Waals surface area (Å²) in [6, 6.07) is 69.1. The second-order valence-electron chi connectivity index (χ2n) is 13.5. The van der Waals surface area contributed by atoms with Gasteiger partial charge >= 0.3 is 0 Å². The first-order chi connectivity index (χ1) is 26.3. The molecule has 0 aliphatic carbocycles. The van der Waals surface area contributed by atoms with Gasteiger partial charge in [-0.15, -0.1) is 0 Å². The Morgan fingerprint density at radius 3 is 1.34 bits per heavy atom. The van der Waals surface area contributed by atoms with E-state index in [0.717, 1.165) is 33.5 Å². The number of rotatable bonds is 5. The summed E-state index contributed by atoms with van der Waals surface area (Å²) in [4.78, 5) is 3.96. The molecule has 0 amide bonds. The molecule has 246 valence electrons. The van der Waals surface area contributed by atoms with Crippen LogP contribution in [0, 0.1) is 6.57 Å². The monoisotopic (exact) mass is 672 g/mol. The maximum atomic E-state index is 8.06. The molecule has 9 aromatic carbocycles. The van der Waals surface area contributed by atoms with Crippen molar-refractivity contribution in [2.75, 3.05) is 0 Å². The van der Waals surface area contributed by atoms with Gasteiger partial charge in [-0.3, -0.25) is 0 Å². The van der Waals surface area contributed by atoms with Crippen molar-refractivity contribution in [3.8, 4) is 50.2 Å². The van der Waals surface area contributed by atoms with Gasteiger partial charge in [0.1, 0.15) is 0 Å². The quantitative estimate of drug-likeness (QED) is 0.127. The summed E-state index contributed by atoms with van der Waals surface area (Å²) in [5.74, 6) is 0. The molecule has 0 atom stereocenters. The highest BCUT2D eigenvalue weighted by Crippen LogP contribution is 2.44. The molecule has 0 unspecified atom stereocenters. The topological polar surface area (TPSA) is 9.29 Å². The molecule has 1 aromatic heterocycles. The zero-order valence-corrected chi connectivity index (χ0v) is 28.9. The Balaban J connectivity index is 1.08. The van der Waals surface area contributed by atoms with Crippen molar-refractivity contribution >= 4 is 49.0 Å². The van der Waals surface area contributed by atoms with Crippen molar-refractivity contribution in [2.45, 2.75) is 0 Å². The molecule has 0 aliphatic rings. The molecule has 0 aliphatic heterocycles. The number of para-hydroxylation sites is 2. The lowest BCUT2D eigenvalue weighted by molar-refractivity contribution is 1.18. The van der Waals surface area contributed by atoms with Crippen LogP contribution in [0.4, 0.5) is 5.69 Å². The molecule has 2 nitrogen and oxygen atoms in total. The summed E-state index contributed by atoms with van der Waals surface area (Å²) in [5, 5.41) is 7.42. The molecule has 0 spiro atoms.